The van der Waals surface area contributed by atoms with E-state index in [1.165, 1.54) is 0 Å². The first-order valence-electron chi connectivity index (χ1n) is 7.13. The summed E-state index contributed by atoms with van der Waals surface area (Å²) in [5.74, 6) is 1.15. The number of aromatic nitrogens is 2. The highest BCUT2D eigenvalue weighted by atomic mass is 16.5. The molecule has 118 valence electrons. The first kappa shape index (κ1) is 14.9. The number of nitrogens with one attached hydrogen (secondary N) is 2. The number of benzene rings is 2. The number of hydrogen-bond donors (Lipinski definition) is 2. The van der Waals surface area contributed by atoms with Crippen LogP contribution in [0.4, 0.5) is 0 Å². The van der Waals surface area contributed by atoms with E-state index in [4.69, 9.17) is 9.47 Å². The number of amides is 1. The van der Waals surface area contributed by atoms with Gasteiger partial charge in [-0.2, -0.15) is 0 Å². The summed E-state index contributed by atoms with van der Waals surface area (Å²) in [6.45, 7) is 0.403. The molecule has 1 amide bonds. The third-order valence-corrected chi connectivity index (χ3v) is 3.58. The summed E-state index contributed by atoms with van der Waals surface area (Å²) in [5.41, 5.74) is 3.19. The molecule has 2 N–H and O–H groups in total. The van der Waals surface area contributed by atoms with Crippen LogP contribution in [0.3, 0.4) is 0 Å². The van der Waals surface area contributed by atoms with Gasteiger partial charge in [0.2, 0.25) is 0 Å². The highest BCUT2D eigenvalue weighted by Gasteiger charge is 2.09. The number of nitrogens with zero attached hydrogens (tertiary/aromatic N) is 1. The zero-order chi connectivity index (χ0) is 16.2. The van der Waals surface area contributed by atoms with E-state index in [1.54, 1.807) is 32.7 Å². The Kier molecular flexibility index (Phi) is 4.14. The van der Waals surface area contributed by atoms with Crippen molar-refractivity contribution in [3.63, 3.8) is 0 Å². The van der Waals surface area contributed by atoms with Crippen LogP contribution in [0.2, 0.25) is 0 Å². The topological polar surface area (TPSA) is 76.2 Å². The molecule has 23 heavy (non-hydrogen) atoms. The second kappa shape index (κ2) is 6.39. The molecule has 0 bridgehead atoms. The maximum absolute atomic E-state index is 12.3. The van der Waals surface area contributed by atoms with Gasteiger partial charge in [0.25, 0.3) is 5.91 Å². The number of hydrogen-bond acceptors (Lipinski definition) is 4. The molecule has 2 aromatic carbocycles. The number of carbonyl (C=O) groups is 1. The number of rotatable bonds is 5. The van der Waals surface area contributed by atoms with Gasteiger partial charge in [-0.3, -0.25) is 4.79 Å². The van der Waals surface area contributed by atoms with Crippen LogP contribution in [0.5, 0.6) is 11.5 Å². The Bertz CT molecular complexity index is 842. The van der Waals surface area contributed by atoms with E-state index in [9.17, 15) is 4.79 Å². The molecule has 3 aromatic rings. The molecule has 0 aliphatic heterocycles. The van der Waals surface area contributed by atoms with Crippen molar-refractivity contribution in [3.05, 3.63) is 53.9 Å². The van der Waals surface area contributed by atoms with Crippen LogP contribution in [0.15, 0.2) is 42.7 Å². The summed E-state index contributed by atoms with van der Waals surface area (Å²) in [4.78, 5) is 19.4. The summed E-state index contributed by atoms with van der Waals surface area (Å²) in [6, 6.07) is 10.9. The van der Waals surface area contributed by atoms with Crippen LogP contribution in [-0.4, -0.2) is 30.1 Å². The van der Waals surface area contributed by atoms with Crippen molar-refractivity contribution in [3.8, 4) is 11.5 Å². The molecule has 0 unspecified atom stereocenters. The predicted molar refractivity (Wildman–Crippen MR) is 86.8 cm³/mol. The average molecular weight is 311 g/mol. The van der Waals surface area contributed by atoms with E-state index < -0.39 is 0 Å². The molecule has 3 rings (SSSR count). The average Bonchev–Trinajstić information content (AvgIpc) is 3.06. The van der Waals surface area contributed by atoms with Crippen LogP contribution in [-0.2, 0) is 6.54 Å². The Morgan fingerprint density at radius 3 is 2.74 bits per heavy atom. The van der Waals surface area contributed by atoms with Crippen molar-refractivity contribution >= 4 is 16.9 Å². The monoisotopic (exact) mass is 311 g/mol. The van der Waals surface area contributed by atoms with Gasteiger partial charge in [0.1, 0.15) is 0 Å². The molecule has 1 aromatic heterocycles. The van der Waals surface area contributed by atoms with Crippen molar-refractivity contribution in [2.45, 2.75) is 6.54 Å². The van der Waals surface area contributed by atoms with Gasteiger partial charge >= 0.3 is 0 Å². The second-order valence-corrected chi connectivity index (χ2v) is 5.01. The Balaban J connectivity index is 1.71. The lowest BCUT2D eigenvalue weighted by Crippen LogP contribution is -2.22. The Labute approximate surface area is 133 Å². The van der Waals surface area contributed by atoms with E-state index in [-0.39, 0.29) is 5.91 Å². The van der Waals surface area contributed by atoms with Crippen LogP contribution in [0, 0.1) is 0 Å². The van der Waals surface area contributed by atoms with Crippen LogP contribution in [0.25, 0.3) is 11.0 Å². The Morgan fingerprint density at radius 1 is 1.13 bits per heavy atom. The fraction of sp³-hybridized carbons (Fsp3) is 0.176. The van der Waals surface area contributed by atoms with Crippen molar-refractivity contribution in [2.24, 2.45) is 0 Å². The van der Waals surface area contributed by atoms with E-state index in [0.717, 1.165) is 16.6 Å². The van der Waals surface area contributed by atoms with Crippen LogP contribution in [0.1, 0.15) is 15.9 Å². The largest absolute Gasteiger partial charge is 0.493 e. The summed E-state index contributed by atoms with van der Waals surface area (Å²) < 4.78 is 10.5. The third-order valence-electron chi connectivity index (χ3n) is 3.58. The van der Waals surface area contributed by atoms with Crippen LogP contribution < -0.4 is 14.8 Å². The van der Waals surface area contributed by atoms with Gasteiger partial charge in [0.05, 0.1) is 31.6 Å². The number of H-pyrrole nitrogens is 1. The molecule has 0 saturated carbocycles. The van der Waals surface area contributed by atoms with Crippen LogP contribution >= 0.6 is 0 Å². The smallest absolute Gasteiger partial charge is 0.251 e. The highest BCUT2D eigenvalue weighted by Crippen LogP contribution is 2.27. The Morgan fingerprint density at radius 2 is 1.96 bits per heavy atom. The first-order chi connectivity index (χ1) is 11.2. The number of aromatic amines is 1. The minimum Gasteiger partial charge on any atom is -0.493 e. The van der Waals surface area contributed by atoms with Gasteiger partial charge in [0.15, 0.2) is 11.5 Å². The summed E-state index contributed by atoms with van der Waals surface area (Å²) >= 11 is 0. The molecule has 0 aliphatic carbocycles. The van der Waals surface area contributed by atoms with Gasteiger partial charge in [-0.25, -0.2) is 4.98 Å². The number of ether oxygens (including phenoxy) is 2. The van der Waals surface area contributed by atoms with Gasteiger partial charge in [0, 0.05) is 12.1 Å². The second-order valence-electron chi connectivity index (χ2n) is 5.01. The lowest BCUT2D eigenvalue weighted by Gasteiger charge is -2.10. The number of fused-ring (bicyclic) bond motifs is 1. The first-order valence-corrected chi connectivity index (χ1v) is 7.13. The maximum atomic E-state index is 12.3. The SMILES string of the molecule is COc1ccc(CNC(=O)c2ccc3nc[nH]c3c2)cc1OC. The molecular formula is C17H17N3O3. The molecule has 6 heteroatoms. The molecule has 0 saturated heterocycles. The fourth-order valence-corrected chi connectivity index (χ4v) is 2.35. The highest BCUT2D eigenvalue weighted by molar-refractivity contribution is 5.97. The van der Waals surface area contributed by atoms with E-state index >= 15 is 0 Å². The number of methoxy groups -OCH3 is 2. The lowest BCUT2D eigenvalue weighted by atomic mass is 10.1. The minimum absolute atomic E-state index is 0.142. The van der Waals surface area contributed by atoms with Crippen molar-refractivity contribution < 1.29 is 14.3 Å². The van der Waals surface area contributed by atoms with Crippen molar-refractivity contribution in [2.75, 3.05) is 14.2 Å². The molecular weight excluding hydrogens is 294 g/mol. The van der Waals surface area contributed by atoms with Gasteiger partial charge in [-0.15, -0.1) is 0 Å². The third kappa shape index (κ3) is 3.11. The molecule has 6 nitrogen and oxygen atoms in total. The fourth-order valence-electron chi connectivity index (χ4n) is 2.35. The summed E-state index contributed by atoms with van der Waals surface area (Å²) in [6.07, 6.45) is 1.61. The molecule has 0 fully saturated rings. The standard InChI is InChI=1S/C17H17N3O3/c1-22-15-6-3-11(7-16(15)23-2)9-18-17(21)12-4-5-13-14(8-12)20-10-19-13/h3-8,10H,9H2,1-2H3,(H,18,21)(H,19,20). The van der Waals surface area contributed by atoms with E-state index in [0.29, 0.717) is 23.6 Å². The number of carbonyl (C=O) groups excluding carboxylic acids is 1. The molecule has 0 spiro atoms. The minimum atomic E-state index is -0.142. The molecule has 1 heterocycles. The van der Waals surface area contributed by atoms with Crippen molar-refractivity contribution in [1.29, 1.82) is 0 Å². The molecule has 0 atom stereocenters. The van der Waals surface area contributed by atoms with E-state index in [2.05, 4.69) is 15.3 Å². The van der Waals surface area contributed by atoms with E-state index in [1.807, 2.05) is 24.3 Å². The maximum Gasteiger partial charge on any atom is 0.251 e. The summed E-state index contributed by atoms with van der Waals surface area (Å²) in [7, 11) is 3.17. The quantitative estimate of drug-likeness (QED) is 0.759. The number of imidazole rings is 1. The Hall–Kier alpha value is -3.02. The van der Waals surface area contributed by atoms with Gasteiger partial charge < -0.3 is 19.8 Å². The van der Waals surface area contributed by atoms with Crippen molar-refractivity contribution in [1.82, 2.24) is 15.3 Å². The predicted octanol–water partition coefficient (Wildman–Crippen LogP) is 2.51. The lowest BCUT2D eigenvalue weighted by molar-refractivity contribution is 0.0951. The molecule has 0 radical (unpaired) electrons. The normalized spacial score (nSPS) is 10.5. The zero-order valence-electron chi connectivity index (χ0n) is 12.9. The molecule has 0 aliphatic rings. The van der Waals surface area contributed by atoms with Gasteiger partial charge in [-0.1, -0.05) is 6.07 Å². The zero-order valence-corrected chi connectivity index (χ0v) is 12.9. The van der Waals surface area contributed by atoms with Gasteiger partial charge in [-0.05, 0) is 35.9 Å². The summed E-state index contributed by atoms with van der Waals surface area (Å²) in [5, 5.41) is 2.89.